The lowest BCUT2D eigenvalue weighted by atomic mass is 10.0. The minimum absolute atomic E-state index is 0.219. The van der Waals surface area contributed by atoms with Gasteiger partial charge in [-0.2, -0.15) is 0 Å². The molecule has 2 aromatic rings. The predicted molar refractivity (Wildman–Crippen MR) is 108 cm³/mol. The number of para-hydroxylation sites is 1. The van der Waals surface area contributed by atoms with Gasteiger partial charge in [-0.3, -0.25) is 10.3 Å². The minimum Gasteiger partial charge on any atom is -0.303 e. The summed E-state index contributed by atoms with van der Waals surface area (Å²) in [5.41, 5.74) is 6.12. The van der Waals surface area contributed by atoms with Crippen molar-refractivity contribution in [2.24, 2.45) is 0 Å². The lowest BCUT2D eigenvalue weighted by molar-refractivity contribution is 0.193. The molecule has 0 bridgehead atoms. The molecule has 0 aliphatic carbocycles. The zero-order chi connectivity index (χ0) is 17.6. The summed E-state index contributed by atoms with van der Waals surface area (Å²) in [5.74, 6) is 0. The van der Waals surface area contributed by atoms with Crippen molar-refractivity contribution in [2.75, 3.05) is 24.6 Å². The first-order chi connectivity index (χ1) is 12.9. The number of rotatable bonds is 6. The molecule has 2 aromatic carbocycles. The average Bonchev–Trinajstić information content (AvgIpc) is 3.17. The van der Waals surface area contributed by atoms with Crippen molar-refractivity contribution >= 4 is 5.69 Å². The Kier molecular flexibility index (Phi) is 5.65. The first-order valence-corrected chi connectivity index (χ1v) is 9.68. The van der Waals surface area contributed by atoms with E-state index in [1.165, 1.54) is 43.7 Å². The summed E-state index contributed by atoms with van der Waals surface area (Å²) in [6.07, 6.45) is 8.11. The Morgan fingerprint density at radius 2 is 1.62 bits per heavy atom. The highest BCUT2D eigenvalue weighted by molar-refractivity contribution is 5.49. The van der Waals surface area contributed by atoms with Crippen molar-refractivity contribution in [1.82, 2.24) is 15.6 Å². The van der Waals surface area contributed by atoms with Crippen LogP contribution in [0.2, 0.25) is 0 Å². The summed E-state index contributed by atoms with van der Waals surface area (Å²) in [7, 11) is 0. The monoisotopic (exact) mass is 348 g/mol. The van der Waals surface area contributed by atoms with E-state index in [1.807, 2.05) is 6.07 Å². The summed E-state index contributed by atoms with van der Waals surface area (Å²) in [4.78, 5) is 2.60. The molecule has 2 N–H and O–H groups in total. The molecule has 0 radical (unpaired) electrons. The van der Waals surface area contributed by atoms with Gasteiger partial charge in [0.05, 0.1) is 11.9 Å². The molecule has 0 saturated carbocycles. The molecule has 136 valence electrons. The molecule has 4 rings (SSSR count). The van der Waals surface area contributed by atoms with Crippen LogP contribution in [0.25, 0.3) is 0 Å². The van der Waals surface area contributed by atoms with Gasteiger partial charge in [-0.25, -0.2) is 5.43 Å². The standard InChI is InChI=1S/C22H28N4/c1-3-7-19(8-4-1)11-15-25-16-12-20(13-17-25)23-22-14-18-26(24-22)21-9-5-2-6-10-21/h1-10,14,18,20,22-24H,11-13,15-17H2. The second-order valence-electron chi connectivity index (χ2n) is 7.17. The fourth-order valence-corrected chi connectivity index (χ4v) is 3.76. The lowest BCUT2D eigenvalue weighted by Crippen LogP contribution is -2.51. The van der Waals surface area contributed by atoms with Gasteiger partial charge in [0.25, 0.3) is 0 Å². The Bertz CT molecular complexity index is 693. The van der Waals surface area contributed by atoms with E-state index < -0.39 is 0 Å². The number of benzene rings is 2. The third-order valence-electron chi connectivity index (χ3n) is 5.30. The Morgan fingerprint density at radius 1 is 0.923 bits per heavy atom. The van der Waals surface area contributed by atoms with Crippen molar-refractivity contribution in [3.8, 4) is 0 Å². The van der Waals surface area contributed by atoms with Gasteiger partial charge in [0.2, 0.25) is 0 Å². The Morgan fingerprint density at radius 3 is 2.35 bits per heavy atom. The maximum absolute atomic E-state index is 3.75. The number of hydrogen-bond donors (Lipinski definition) is 2. The molecule has 1 saturated heterocycles. The highest BCUT2D eigenvalue weighted by Gasteiger charge is 2.23. The van der Waals surface area contributed by atoms with Crippen LogP contribution < -0.4 is 15.8 Å². The normalized spacial score (nSPS) is 21.4. The van der Waals surface area contributed by atoms with Crippen LogP contribution in [0.15, 0.2) is 72.9 Å². The SMILES string of the molecule is C1=CN(c2ccccc2)NC1NC1CCN(CCc2ccccc2)CC1. The Labute approximate surface area is 156 Å². The second-order valence-corrected chi connectivity index (χ2v) is 7.17. The van der Waals surface area contributed by atoms with Gasteiger partial charge in [0.15, 0.2) is 0 Å². The zero-order valence-corrected chi connectivity index (χ0v) is 15.2. The summed E-state index contributed by atoms with van der Waals surface area (Å²) in [6, 6.07) is 21.8. The number of hydrazine groups is 1. The van der Waals surface area contributed by atoms with Gasteiger partial charge in [0.1, 0.15) is 0 Å². The van der Waals surface area contributed by atoms with E-state index in [0.717, 1.165) is 6.42 Å². The summed E-state index contributed by atoms with van der Waals surface area (Å²) in [5, 5.41) is 5.84. The summed E-state index contributed by atoms with van der Waals surface area (Å²) in [6.45, 7) is 3.53. The number of anilines is 1. The van der Waals surface area contributed by atoms with Crippen LogP contribution in [-0.4, -0.2) is 36.7 Å². The van der Waals surface area contributed by atoms with E-state index in [0.29, 0.717) is 6.04 Å². The highest BCUT2D eigenvalue weighted by Crippen LogP contribution is 2.17. The van der Waals surface area contributed by atoms with Gasteiger partial charge >= 0.3 is 0 Å². The largest absolute Gasteiger partial charge is 0.303 e. The molecule has 4 nitrogen and oxygen atoms in total. The van der Waals surface area contributed by atoms with Crippen molar-refractivity contribution in [2.45, 2.75) is 31.5 Å². The number of piperidine rings is 1. The molecular weight excluding hydrogens is 320 g/mol. The molecule has 2 aliphatic heterocycles. The van der Waals surface area contributed by atoms with Crippen molar-refractivity contribution in [3.05, 3.63) is 78.5 Å². The second kappa shape index (κ2) is 8.49. The predicted octanol–water partition coefficient (Wildman–Crippen LogP) is 3.15. The Hall–Kier alpha value is -2.14. The van der Waals surface area contributed by atoms with E-state index in [2.05, 4.69) is 87.5 Å². The molecular formula is C22H28N4. The first kappa shape index (κ1) is 17.3. The number of nitrogens with zero attached hydrogens (tertiary/aromatic N) is 2. The van der Waals surface area contributed by atoms with Crippen LogP contribution in [0.5, 0.6) is 0 Å². The molecule has 1 fully saturated rings. The summed E-state index contributed by atoms with van der Waals surface area (Å²) < 4.78 is 0. The molecule has 26 heavy (non-hydrogen) atoms. The topological polar surface area (TPSA) is 30.5 Å². The van der Waals surface area contributed by atoms with E-state index in [4.69, 9.17) is 0 Å². The van der Waals surface area contributed by atoms with Gasteiger partial charge < -0.3 is 4.90 Å². The fraction of sp³-hybridized carbons (Fsp3) is 0.364. The van der Waals surface area contributed by atoms with Gasteiger partial charge in [0, 0.05) is 18.8 Å². The van der Waals surface area contributed by atoms with E-state index >= 15 is 0 Å². The number of likely N-dealkylation sites (tertiary alicyclic amines) is 1. The fourth-order valence-electron chi connectivity index (χ4n) is 3.76. The van der Waals surface area contributed by atoms with Crippen LogP contribution >= 0.6 is 0 Å². The van der Waals surface area contributed by atoms with E-state index in [-0.39, 0.29) is 6.17 Å². The number of hydrogen-bond acceptors (Lipinski definition) is 4. The maximum atomic E-state index is 3.75. The quantitative estimate of drug-likeness (QED) is 0.840. The van der Waals surface area contributed by atoms with Gasteiger partial charge in [-0.1, -0.05) is 48.5 Å². The molecule has 4 heteroatoms. The Balaban J connectivity index is 1.18. The molecule has 0 spiro atoms. The molecule has 2 aliphatic rings. The van der Waals surface area contributed by atoms with Crippen LogP contribution in [0.4, 0.5) is 5.69 Å². The molecule has 0 aromatic heterocycles. The maximum Gasteiger partial charge on any atom is 0.0963 e. The summed E-state index contributed by atoms with van der Waals surface area (Å²) >= 11 is 0. The van der Waals surface area contributed by atoms with Crippen molar-refractivity contribution in [3.63, 3.8) is 0 Å². The third-order valence-corrected chi connectivity index (χ3v) is 5.30. The molecule has 1 unspecified atom stereocenters. The van der Waals surface area contributed by atoms with Crippen molar-refractivity contribution < 1.29 is 0 Å². The van der Waals surface area contributed by atoms with E-state index in [1.54, 1.807) is 0 Å². The molecule has 1 atom stereocenters. The minimum atomic E-state index is 0.219. The van der Waals surface area contributed by atoms with Crippen molar-refractivity contribution in [1.29, 1.82) is 0 Å². The van der Waals surface area contributed by atoms with Crippen LogP contribution in [0, 0.1) is 0 Å². The first-order valence-electron chi connectivity index (χ1n) is 9.68. The average molecular weight is 348 g/mol. The zero-order valence-electron chi connectivity index (χ0n) is 15.2. The number of nitrogens with one attached hydrogen (secondary N) is 2. The van der Waals surface area contributed by atoms with E-state index in [9.17, 15) is 0 Å². The molecule has 2 heterocycles. The van der Waals surface area contributed by atoms with Gasteiger partial charge in [-0.15, -0.1) is 0 Å². The third kappa shape index (κ3) is 4.52. The van der Waals surface area contributed by atoms with Crippen LogP contribution in [0.1, 0.15) is 18.4 Å². The molecule has 0 amide bonds. The lowest BCUT2D eigenvalue weighted by Gasteiger charge is -2.34. The smallest absolute Gasteiger partial charge is 0.0963 e. The van der Waals surface area contributed by atoms with Crippen LogP contribution in [0.3, 0.4) is 0 Å². The van der Waals surface area contributed by atoms with Gasteiger partial charge in [-0.05, 0) is 56.1 Å². The van der Waals surface area contributed by atoms with Crippen LogP contribution in [-0.2, 0) is 6.42 Å². The highest BCUT2D eigenvalue weighted by atomic mass is 15.6.